The van der Waals surface area contributed by atoms with Crippen LogP contribution in [0, 0.1) is 5.92 Å². The van der Waals surface area contributed by atoms with Crippen LogP contribution < -0.4 is 14.8 Å². The Bertz CT molecular complexity index is 501. The Balaban J connectivity index is 1.80. The Morgan fingerprint density at radius 3 is 2.57 bits per heavy atom. The van der Waals surface area contributed by atoms with Gasteiger partial charge in [0.1, 0.15) is 17.4 Å². The predicted molar refractivity (Wildman–Crippen MR) is 72.4 cm³/mol. The molecule has 1 saturated heterocycles. The highest BCUT2D eigenvalue weighted by Crippen LogP contribution is 2.17. The van der Waals surface area contributed by atoms with Crippen LogP contribution >= 0.6 is 0 Å². The van der Waals surface area contributed by atoms with Gasteiger partial charge in [-0.3, -0.25) is 9.59 Å². The summed E-state index contributed by atoms with van der Waals surface area (Å²) in [6.45, 7) is 0.125. The molecule has 1 aromatic carbocycles. The summed E-state index contributed by atoms with van der Waals surface area (Å²) in [5, 5.41) is 11.6. The molecule has 1 heterocycles. The number of hydrogen-bond donors (Lipinski definition) is 2. The van der Waals surface area contributed by atoms with Gasteiger partial charge in [-0.1, -0.05) is 0 Å². The van der Waals surface area contributed by atoms with Gasteiger partial charge in [0, 0.05) is 0 Å². The largest absolute Gasteiger partial charge is 0.497 e. The second-order valence-corrected chi connectivity index (χ2v) is 4.62. The monoisotopic (exact) mass is 295 g/mol. The number of amides is 1. The van der Waals surface area contributed by atoms with Crippen LogP contribution in [0.4, 0.5) is 0 Å². The molecule has 2 atom stereocenters. The van der Waals surface area contributed by atoms with Crippen molar-refractivity contribution in [2.24, 2.45) is 5.92 Å². The number of ether oxygens (including phenoxy) is 3. The summed E-state index contributed by atoms with van der Waals surface area (Å²) in [6, 6.07) is 6.29. The first-order chi connectivity index (χ1) is 10.1. The fourth-order valence-electron chi connectivity index (χ4n) is 2.01. The van der Waals surface area contributed by atoms with Gasteiger partial charge in [0.25, 0.3) is 5.91 Å². The third-order valence-electron chi connectivity index (χ3n) is 3.17. The first kappa shape index (κ1) is 15.1. The van der Waals surface area contributed by atoms with Gasteiger partial charge in [-0.25, -0.2) is 0 Å². The molecule has 1 aromatic rings. The molecule has 1 aliphatic heterocycles. The zero-order chi connectivity index (χ0) is 15.2. The molecule has 7 heteroatoms. The van der Waals surface area contributed by atoms with Crippen LogP contribution in [0.15, 0.2) is 24.3 Å². The zero-order valence-electron chi connectivity index (χ0n) is 11.6. The number of carboxylic acids is 1. The number of aliphatic carboxylic acids is 1. The fraction of sp³-hybridized carbons (Fsp3) is 0.429. The van der Waals surface area contributed by atoms with Crippen LogP contribution in [0.2, 0.25) is 0 Å². The maximum atomic E-state index is 11.8. The Hall–Kier alpha value is -2.28. The molecular weight excluding hydrogens is 278 g/mol. The second kappa shape index (κ2) is 6.94. The molecule has 7 nitrogen and oxygen atoms in total. The van der Waals surface area contributed by atoms with Crippen molar-refractivity contribution in [2.45, 2.75) is 6.04 Å². The first-order valence-corrected chi connectivity index (χ1v) is 6.47. The maximum absolute atomic E-state index is 11.8. The summed E-state index contributed by atoms with van der Waals surface area (Å²) in [5.41, 5.74) is 0. The predicted octanol–water partition coefficient (Wildman–Crippen LogP) is 0.290. The molecule has 0 aliphatic carbocycles. The fourth-order valence-corrected chi connectivity index (χ4v) is 2.01. The molecule has 1 fully saturated rings. The van der Waals surface area contributed by atoms with E-state index in [0.29, 0.717) is 11.5 Å². The average Bonchev–Trinajstić information content (AvgIpc) is 2.94. The highest BCUT2D eigenvalue weighted by molar-refractivity contribution is 5.79. The Morgan fingerprint density at radius 2 is 1.95 bits per heavy atom. The van der Waals surface area contributed by atoms with Crippen molar-refractivity contribution in [3.63, 3.8) is 0 Å². The molecule has 2 rings (SSSR count). The van der Waals surface area contributed by atoms with E-state index in [1.54, 1.807) is 31.4 Å². The molecule has 1 amide bonds. The summed E-state index contributed by atoms with van der Waals surface area (Å²) in [5.74, 6) is -0.848. The van der Waals surface area contributed by atoms with Gasteiger partial charge in [0.05, 0.1) is 26.4 Å². The lowest BCUT2D eigenvalue weighted by molar-refractivity contribution is -0.142. The minimum absolute atomic E-state index is 0.111. The van der Waals surface area contributed by atoms with Gasteiger partial charge < -0.3 is 24.6 Å². The van der Waals surface area contributed by atoms with Crippen LogP contribution in [-0.4, -0.2) is 50.0 Å². The molecule has 2 unspecified atom stereocenters. The van der Waals surface area contributed by atoms with Crippen LogP contribution in [0.1, 0.15) is 0 Å². The average molecular weight is 295 g/mol. The minimum atomic E-state index is -0.978. The van der Waals surface area contributed by atoms with E-state index in [2.05, 4.69) is 5.32 Å². The van der Waals surface area contributed by atoms with Crippen molar-refractivity contribution in [3.05, 3.63) is 24.3 Å². The van der Waals surface area contributed by atoms with E-state index in [-0.39, 0.29) is 25.7 Å². The highest BCUT2D eigenvalue weighted by atomic mass is 16.5. The second-order valence-electron chi connectivity index (χ2n) is 4.62. The quantitative estimate of drug-likeness (QED) is 0.783. The summed E-state index contributed by atoms with van der Waals surface area (Å²) in [7, 11) is 1.56. The van der Waals surface area contributed by atoms with Crippen molar-refractivity contribution < 1.29 is 28.9 Å². The van der Waals surface area contributed by atoms with Crippen LogP contribution in [0.25, 0.3) is 0 Å². The Kier molecular flexibility index (Phi) is 4.99. The van der Waals surface area contributed by atoms with E-state index in [1.165, 1.54) is 0 Å². The summed E-state index contributed by atoms with van der Waals surface area (Å²) in [6.07, 6.45) is 0. The number of carbonyl (C=O) groups excluding carboxylic acids is 1. The molecule has 0 spiro atoms. The number of methoxy groups -OCH3 is 1. The molecule has 1 aliphatic rings. The standard InChI is InChI=1S/C14H17NO6/c1-19-9-2-4-10(5-3-9)21-8-13(16)15-12-7-20-6-11(12)14(17)18/h2-5,11-12H,6-8H2,1H3,(H,15,16)(H,17,18). The molecule has 0 bridgehead atoms. The van der Waals surface area contributed by atoms with Gasteiger partial charge >= 0.3 is 5.97 Å². The molecule has 0 saturated carbocycles. The van der Waals surface area contributed by atoms with Gasteiger partial charge in [-0.2, -0.15) is 0 Å². The van der Waals surface area contributed by atoms with Crippen molar-refractivity contribution >= 4 is 11.9 Å². The van der Waals surface area contributed by atoms with Crippen molar-refractivity contribution in [2.75, 3.05) is 26.9 Å². The summed E-state index contributed by atoms with van der Waals surface area (Å²) < 4.78 is 15.4. The molecule has 0 radical (unpaired) electrons. The lowest BCUT2D eigenvalue weighted by Crippen LogP contribution is -2.44. The third kappa shape index (κ3) is 4.09. The van der Waals surface area contributed by atoms with Gasteiger partial charge in [0.2, 0.25) is 0 Å². The van der Waals surface area contributed by atoms with Crippen molar-refractivity contribution in [3.8, 4) is 11.5 Å². The Labute approximate surface area is 121 Å². The van der Waals surface area contributed by atoms with Crippen LogP contribution in [0.3, 0.4) is 0 Å². The highest BCUT2D eigenvalue weighted by Gasteiger charge is 2.35. The number of carboxylic acid groups (broad SMARTS) is 1. The first-order valence-electron chi connectivity index (χ1n) is 6.47. The lowest BCUT2D eigenvalue weighted by atomic mass is 10.0. The van der Waals surface area contributed by atoms with E-state index >= 15 is 0 Å². The van der Waals surface area contributed by atoms with Crippen LogP contribution in [-0.2, 0) is 14.3 Å². The molecule has 2 N–H and O–H groups in total. The number of nitrogens with one attached hydrogen (secondary N) is 1. The minimum Gasteiger partial charge on any atom is -0.497 e. The van der Waals surface area contributed by atoms with E-state index in [9.17, 15) is 9.59 Å². The maximum Gasteiger partial charge on any atom is 0.311 e. The van der Waals surface area contributed by atoms with E-state index in [0.717, 1.165) is 0 Å². The van der Waals surface area contributed by atoms with Gasteiger partial charge in [-0.15, -0.1) is 0 Å². The number of hydrogen-bond acceptors (Lipinski definition) is 5. The third-order valence-corrected chi connectivity index (χ3v) is 3.17. The molecule has 114 valence electrons. The lowest BCUT2D eigenvalue weighted by Gasteiger charge is -2.15. The topological polar surface area (TPSA) is 94.1 Å². The van der Waals surface area contributed by atoms with Crippen molar-refractivity contribution in [1.29, 1.82) is 0 Å². The van der Waals surface area contributed by atoms with E-state index in [4.69, 9.17) is 19.3 Å². The number of carbonyl (C=O) groups is 2. The normalized spacial score (nSPS) is 20.8. The molecule has 0 aromatic heterocycles. The van der Waals surface area contributed by atoms with E-state index < -0.39 is 17.9 Å². The van der Waals surface area contributed by atoms with Gasteiger partial charge in [0.15, 0.2) is 6.61 Å². The zero-order valence-corrected chi connectivity index (χ0v) is 11.6. The molecule has 21 heavy (non-hydrogen) atoms. The van der Waals surface area contributed by atoms with Gasteiger partial charge in [-0.05, 0) is 24.3 Å². The number of benzene rings is 1. The summed E-state index contributed by atoms with van der Waals surface area (Å²) in [4.78, 5) is 22.7. The van der Waals surface area contributed by atoms with Crippen LogP contribution in [0.5, 0.6) is 11.5 Å². The van der Waals surface area contributed by atoms with Crippen molar-refractivity contribution in [1.82, 2.24) is 5.32 Å². The number of rotatable bonds is 6. The van der Waals surface area contributed by atoms with E-state index in [1.807, 2.05) is 0 Å². The Morgan fingerprint density at radius 1 is 1.29 bits per heavy atom. The summed E-state index contributed by atoms with van der Waals surface area (Å²) >= 11 is 0. The molecular formula is C14H17NO6. The SMILES string of the molecule is COc1ccc(OCC(=O)NC2COCC2C(=O)O)cc1. The smallest absolute Gasteiger partial charge is 0.311 e.